The average molecular weight is 298 g/mol. The van der Waals surface area contributed by atoms with Gasteiger partial charge in [-0.3, -0.25) is 4.90 Å². The van der Waals surface area contributed by atoms with E-state index in [-0.39, 0.29) is 0 Å². The van der Waals surface area contributed by atoms with Crippen molar-refractivity contribution in [1.82, 2.24) is 4.90 Å². The fourth-order valence-electron chi connectivity index (χ4n) is 2.13. The summed E-state index contributed by atoms with van der Waals surface area (Å²) >= 11 is 3.52. The number of hydrogen-bond acceptors (Lipinski definition) is 2. The zero-order valence-corrected chi connectivity index (χ0v) is 11.7. The molecule has 3 heteroatoms. The molecular formula is C14H20BrNO. The van der Waals surface area contributed by atoms with E-state index in [4.69, 9.17) is 5.11 Å². The number of aliphatic hydroxyl groups excluding tert-OH is 1. The predicted octanol–water partition coefficient (Wildman–Crippen LogP) is 3.19. The van der Waals surface area contributed by atoms with Crippen molar-refractivity contribution < 1.29 is 5.11 Å². The minimum absolute atomic E-state index is 0.315. The van der Waals surface area contributed by atoms with Gasteiger partial charge in [-0.1, -0.05) is 28.1 Å². The van der Waals surface area contributed by atoms with Gasteiger partial charge in [0.25, 0.3) is 0 Å². The molecular weight excluding hydrogens is 278 g/mol. The van der Waals surface area contributed by atoms with Crippen LogP contribution in [-0.2, 0) is 6.54 Å². The number of halogens is 1. The van der Waals surface area contributed by atoms with Crippen LogP contribution in [0.4, 0.5) is 0 Å². The second kappa shape index (κ2) is 6.53. The van der Waals surface area contributed by atoms with Gasteiger partial charge < -0.3 is 5.11 Å². The molecule has 1 aromatic rings. The van der Waals surface area contributed by atoms with Crippen LogP contribution in [0.5, 0.6) is 0 Å². The lowest BCUT2D eigenvalue weighted by Crippen LogP contribution is -2.26. The summed E-state index contributed by atoms with van der Waals surface area (Å²) in [6.07, 6.45) is 4.70. The largest absolute Gasteiger partial charge is 0.396 e. The molecule has 2 nitrogen and oxygen atoms in total. The van der Waals surface area contributed by atoms with E-state index in [1.807, 2.05) is 0 Å². The first-order valence-electron chi connectivity index (χ1n) is 6.39. The molecule has 0 amide bonds. The van der Waals surface area contributed by atoms with Crippen LogP contribution in [0.2, 0.25) is 0 Å². The lowest BCUT2D eigenvalue weighted by molar-refractivity contribution is 0.229. The van der Waals surface area contributed by atoms with E-state index < -0.39 is 0 Å². The first kappa shape index (κ1) is 13.1. The molecule has 1 aliphatic carbocycles. The third kappa shape index (κ3) is 4.41. The SMILES string of the molecule is OCCCCN(Cc1cccc(Br)c1)C1CC1. The van der Waals surface area contributed by atoms with E-state index in [2.05, 4.69) is 45.1 Å². The van der Waals surface area contributed by atoms with Gasteiger partial charge in [0.05, 0.1) is 0 Å². The van der Waals surface area contributed by atoms with Crippen LogP contribution in [0.3, 0.4) is 0 Å². The molecule has 0 aromatic heterocycles. The van der Waals surface area contributed by atoms with Crippen LogP contribution < -0.4 is 0 Å². The smallest absolute Gasteiger partial charge is 0.0431 e. The van der Waals surface area contributed by atoms with E-state index in [1.165, 1.54) is 18.4 Å². The van der Waals surface area contributed by atoms with Crippen LogP contribution in [0.25, 0.3) is 0 Å². The molecule has 17 heavy (non-hydrogen) atoms. The fraction of sp³-hybridized carbons (Fsp3) is 0.571. The number of hydrogen-bond donors (Lipinski definition) is 1. The van der Waals surface area contributed by atoms with Crippen molar-refractivity contribution in [2.75, 3.05) is 13.2 Å². The van der Waals surface area contributed by atoms with Gasteiger partial charge in [0, 0.05) is 23.7 Å². The average Bonchev–Trinajstić information content (AvgIpc) is 3.12. The van der Waals surface area contributed by atoms with Gasteiger partial charge in [-0.05, 0) is 49.9 Å². The Kier molecular flexibility index (Phi) is 5.01. The minimum atomic E-state index is 0.315. The van der Waals surface area contributed by atoms with Crippen LogP contribution >= 0.6 is 15.9 Å². The molecule has 0 spiro atoms. The highest BCUT2D eigenvalue weighted by molar-refractivity contribution is 9.10. The van der Waals surface area contributed by atoms with Gasteiger partial charge >= 0.3 is 0 Å². The molecule has 1 aliphatic rings. The molecule has 1 N–H and O–H groups in total. The minimum Gasteiger partial charge on any atom is -0.396 e. The van der Waals surface area contributed by atoms with E-state index in [1.54, 1.807) is 0 Å². The Morgan fingerprint density at radius 1 is 1.29 bits per heavy atom. The lowest BCUT2D eigenvalue weighted by atomic mass is 10.2. The third-order valence-corrected chi connectivity index (χ3v) is 3.68. The van der Waals surface area contributed by atoms with Gasteiger partial charge in [0.2, 0.25) is 0 Å². The number of nitrogens with zero attached hydrogens (tertiary/aromatic N) is 1. The van der Waals surface area contributed by atoms with Crippen LogP contribution in [-0.4, -0.2) is 29.2 Å². The summed E-state index contributed by atoms with van der Waals surface area (Å²) in [7, 11) is 0. The van der Waals surface area contributed by atoms with Crippen LogP contribution in [0.1, 0.15) is 31.2 Å². The van der Waals surface area contributed by atoms with E-state index in [0.717, 1.165) is 36.4 Å². The van der Waals surface area contributed by atoms with Gasteiger partial charge in [0.15, 0.2) is 0 Å². The standard InChI is InChI=1S/C14H20BrNO/c15-13-5-3-4-12(10-13)11-16(14-6-7-14)8-1-2-9-17/h3-5,10,14,17H,1-2,6-9,11H2. The quantitative estimate of drug-likeness (QED) is 0.782. The highest BCUT2D eigenvalue weighted by Crippen LogP contribution is 2.28. The summed E-state index contributed by atoms with van der Waals surface area (Å²) in [6, 6.07) is 9.33. The molecule has 0 aliphatic heterocycles. The van der Waals surface area contributed by atoms with Gasteiger partial charge in [0.1, 0.15) is 0 Å². The molecule has 0 unspecified atom stereocenters. The lowest BCUT2D eigenvalue weighted by Gasteiger charge is -2.22. The molecule has 0 heterocycles. The summed E-state index contributed by atoms with van der Waals surface area (Å²) < 4.78 is 1.15. The first-order valence-corrected chi connectivity index (χ1v) is 7.18. The van der Waals surface area contributed by atoms with Crippen LogP contribution in [0.15, 0.2) is 28.7 Å². The fourth-order valence-corrected chi connectivity index (χ4v) is 2.57. The Hall–Kier alpha value is -0.380. The summed E-state index contributed by atoms with van der Waals surface area (Å²) in [5.74, 6) is 0. The Bertz CT molecular complexity index is 352. The maximum atomic E-state index is 8.83. The summed E-state index contributed by atoms with van der Waals surface area (Å²) in [5, 5.41) is 8.83. The molecule has 1 saturated carbocycles. The molecule has 1 fully saturated rings. The van der Waals surface area contributed by atoms with Gasteiger partial charge in [-0.2, -0.15) is 0 Å². The van der Waals surface area contributed by atoms with Gasteiger partial charge in [-0.25, -0.2) is 0 Å². The number of aliphatic hydroxyl groups is 1. The Balaban J connectivity index is 1.88. The van der Waals surface area contributed by atoms with Crippen molar-refractivity contribution >= 4 is 15.9 Å². The summed E-state index contributed by atoms with van der Waals surface area (Å²) in [4.78, 5) is 2.55. The monoisotopic (exact) mass is 297 g/mol. The molecule has 94 valence electrons. The molecule has 0 bridgehead atoms. The van der Waals surface area contributed by atoms with Crippen molar-refractivity contribution in [1.29, 1.82) is 0 Å². The van der Waals surface area contributed by atoms with Crippen molar-refractivity contribution in [2.45, 2.75) is 38.3 Å². The number of benzene rings is 1. The highest BCUT2D eigenvalue weighted by Gasteiger charge is 2.28. The van der Waals surface area contributed by atoms with Crippen molar-refractivity contribution in [3.05, 3.63) is 34.3 Å². The summed E-state index contributed by atoms with van der Waals surface area (Å²) in [6.45, 7) is 2.46. The number of unbranched alkanes of at least 4 members (excludes halogenated alkanes) is 1. The second-order valence-corrected chi connectivity index (χ2v) is 5.68. The highest BCUT2D eigenvalue weighted by atomic mass is 79.9. The Morgan fingerprint density at radius 3 is 2.76 bits per heavy atom. The first-order chi connectivity index (χ1) is 8.29. The topological polar surface area (TPSA) is 23.5 Å². The zero-order valence-electron chi connectivity index (χ0n) is 10.1. The third-order valence-electron chi connectivity index (χ3n) is 3.19. The molecule has 1 aromatic carbocycles. The predicted molar refractivity (Wildman–Crippen MR) is 73.9 cm³/mol. The van der Waals surface area contributed by atoms with Crippen molar-refractivity contribution in [3.8, 4) is 0 Å². The van der Waals surface area contributed by atoms with Crippen molar-refractivity contribution in [3.63, 3.8) is 0 Å². The van der Waals surface area contributed by atoms with E-state index in [9.17, 15) is 0 Å². The maximum absolute atomic E-state index is 8.83. The normalized spacial score (nSPS) is 15.5. The zero-order chi connectivity index (χ0) is 12.1. The molecule has 0 saturated heterocycles. The van der Waals surface area contributed by atoms with Crippen LogP contribution in [0, 0.1) is 0 Å². The van der Waals surface area contributed by atoms with Gasteiger partial charge in [-0.15, -0.1) is 0 Å². The van der Waals surface area contributed by atoms with Crippen molar-refractivity contribution in [2.24, 2.45) is 0 Å². The Morgan fingerprint density at radius 2 is 2.12 bits per heavy atom. The molecule has 2 rings (SSSR count). The van der Waals surface area contributed by atoms with E-state index >= 15 is 0 Å². The van der Waals surface area contributed by atoms with E-state index in [0.29, 0.717) is 6.61 Å². The summed E-state index contributed by atoms with van der Waals surface area (Å²) in [5.41, 5.74) is 1.37. The second-order valence-electron chi connectivity index (χ2n) is 4.76. The number of rotatable bonds is 7. The molecule has 0 radical (unpaired) electrons. The molecule has 0 atom stereocenters. The Labute approximate surface area is 112 Å². The maximum Gasteiger partial charge on any atom is 0.0431 e.